The third kappa shape index (κ3) is 3.54. The van der Waals surface area contributed by atoms with Gasteiger partial charge < -0.3 is 9.26 Å². The standard InChI is InChI=1S/C12H20N2O3/c1-5-7-9(12(15)16-6-2)11-13-10(8(3)4)14-17-11/h8-9H,5-7H2,1-4H3. The van der Waals surface area contributed by atoms with Crippen LogP contribution in [0.3, 0.4) is 0 Å². The first-order valence-electron chi connectivity index (χ1n) is 6.10. The van der Waals surface area contributed by atoms with Crippen molar-refractivity contribution < 1.29 is 14.1 Å². The molecule has 1 rings (SSSR count). The maximum Gasteiger partial charge on any atom is 0.318 e. The van der Waals surface area contributed by atoms with E-state index in [2.05, 4.69) is 10.1 Å². The summed E-state index contributed by atoms with van der Waals surface area (Å²) >= 11 is 0. The Balaban J connectivity index is 2.85. The molecule has 5 heteroatoms. The van der Waals surface area contributed by atoms with Crippen LogP contribution in [0.4, 0.5) is 0 Å². The van der Waals surface area contributed by atoms with Crippen LogP contribution in [-0.4, -0.2) is 22.7 Å². The highest BCUT2D eigenvalue weighted by Gasteiger charge is 2.27. The summed E-state index contributed by atoms with van der Waals surface area (Å²) in [6.45, 7) is 8.12. The third-order valence-corrected chi connectivity index (χ3v) is 2.42. The zero-order chi connectivity index (χ0) is 12.8. The zero-order valence-corrected chi connectivity index (χ0v) is 10.9. The van der Waals surface area contributed by atoms with Gasteiger partial charge in [0.25, 0.3) is 0 Å². The number of hydrogen-bond donors (Lipinski definition) is 0. The molecular formula is C12H20N2O3. The van der Waals surface area contributed by atoms with Gasteiger partial charge in [-0.25, -0.2) is 0 Å². The Morgan fingerprint density at radius 2 is 2.12 bits per heavy atom. The molecule has 1 aromatic heterocycles. The minimum absolute atomic E-state index is 0.192. The molecule has 5 nitrogen and oxygen atoms in total. The number of carbonyl (C=O) groups excluding carboxylic acids is 1. The molecule has 0 radical (unpaired) electrons. The fraction of sp³-hybridized carbons (Fsp3) is 0.750. The number of ether oxygens (including phenoxy) is 1. The molecule has 0 N–H and O–H groups in total. The third-order valence-electron chi connectivity index (χ3n) is 2.42. The second kappa shape index (κ2) is 6.37. The van der Waals surface area contributed by atoms with Crippen molar-refractivity contribution >= 4 is 5.97 Å². The van der Waals surface area contributed by atoms with E-state index < -0.39 is 5.92 Å². The number of aromatic nitrogens is 2. The van der Waals surface area contributed by atoms with Crippen molar-refractivity contribution in [1.82, 2.24) is 10.1 Å². The van der Waals surface area contributed by atoms with Crippen LogP contribution in [0.15, 0.2) is 4.52 Å². The van der Waals surface area contributed by atoms with E-state index in [0.717, 1.165) is 6.42 Å². The minimum Gasteiger partial charge on any atom is -0.465 e. The van der Waals surface area contributed by atoms with Gasteiger partial charge in [0.15, 0.2) is 5.82 Å². The van der Waals surface area contributed by atoms with Gasteiger partial charge in [0, 0.05) is 5.92 Å². The predicted octanol–water partition coefficient (Wildman–Crippen LogP) is 2.64. The highest BCUT2D eigenvalue weighted by atomic mass is 16.5. The summed E-state index contributed by atoms with van der Waals surface area (Å²) in [7, 11) is 0. The summed E-state index contributed by atoms with van der Waals surface area (Å²) in [6.07, 6.45) is 1.53. The van der Waals surface area contributed by atoms with E-state index in [4.69, 9.17) is 9.26 Å². The molecule has 0 fully saturated rings. The van der Waals surface area contributed by atoms with Crippen LogP contribution in [0.25, 0.3) is 0 Å². The summed E-state index contributed by atoms with van der Waals surface area (Å²) in [5.41, 5.74) is 0. The predicted molar refractivity (Wildman–Crippen MR) is 62.7 cm³/mol. The molecule has 0 bridgehead atoms. The van der Waals surface area contributed by atoms with Crippen LogP contribution in [0.2, 0.25) is 0 Å². The van der Waals surface area contributed by atoms with E-state index in [9.17, 15) is 4.79 Å². The first kappa shape index (κ1) is 13.7. The fourth-order valence-corrected chi connectivity index (χ4v) is 1.50. The Bertz CT molecular complexity index is 360. The van der Waals surface area contributed by atoms with Gasteiger partial charge in [0.1, 0.15) is 5.92 Å². The normalized spacial score (nSPS) is 12.8. The van der Waals surface area contributed by atoms with Gasteiger partial charge in [-0.05, 0) is 13.3 Å². The highest BCUT2D eigenvalue weighted by Crippen LogP contribution is 2.23. The van der Waals surface area contributed by atoms with Crippen LogP contribution >= 0.6 is 0 Å². The summed E-state index contributed by atoms with van der Waals surface area (Å²) < 4.78 is 10.2. The van der Waals surface area contributed by atoms with Crippen LogP contribution in [-0.2, 0) is 9.53 Å². The largest absolute Gasteiger partial charge is 0.465 e. The van der Waals surface area contributed by atoms with Crippen molar-refractivity contribution in [2.75, 3.05) is 6.61 Å². The second-order valence-electron chi connectivity index (χ2n) is 4.24. The summed E-state index contributed by atoms with van der Waals surface area (Å²) in [6, 6.07) is 0. The van der Waals surface area contributed by atoms with Crippen molar-refractivity contribution in [3.63, 3.8) is 0 Å². The number of nitrogens with zero attached hydrogens (tertiary/aromatic N) is 2. The van der Waals surface area contributed by atoms with E-state index in [1.54, 1.807) is 6.92 Å². The van der Waals surface area contributed by atoms with Gasteiger partial charge in [-0.15, -0.1) is 0 Å². The minimum atomic E-state index is -0.431. The molecule has 0 aliphatic heterocycles. The van der Waals surface area contributed by atoms with Crippen LogP contribution < -0.4 is 0 Å². The molecule has 0 amide bonds. The average Bonchev–Trinajstić information content (AvgIpc) is 2.75. The van der Waals surface area contributed by atoms with E-state index in [-0.39, 0.29) is 11.9 Å². The molecule has 0 aromatic carbocycles. The first-order valence-corrected chi connectivity index (χ1v) is 6.10. The topological polar surface area (TPSA) is 65.2 Å². The molecule has 17 heavy (non-hydrogen) atoms. The smallest absolute Gasteiger partial charge is 0.318 e. The van der Waals surface area contributed by atoms with E-state index in [1.165, 1.54) is 0 Å². The summed E-state index contributed by atoms with van der Waals surface area (Å²) in [5.74, 6) is 0.477. The number of rotatable bonds is 6. The van der Waals surface area contributed by atoms with Crippen LogP contribution in [0.1, 0.15) is 64.1 Å². The Labute approximate surface area is 102 Å². The highest BCUT2D eigenvalue weighted by molar-refractivity contribution is 5.76. The molecule has 1 heterocycles. The molecule has 96 valence electrons. The number of esters is 1. The van der Waals surface area contributed by atoms with Crippen LogP contribution in [0.5, 0.6) is 0 Å². The summed E-state index contributed by atoms with van der Waals surface area (Å²) in [5, 5.41) is 3.87. The van der Waals surface area contributed by atoms with Gasteiger partial charge in [-0.2, -0.15) is 4.98 Å². The second-order valence-corrected chi connectivity index (χ2v) is 4.24. The van der Waals surface area contributed by atoms with Crippen molar-refractivity contribution in [1.29, 1.82) is 0 Å². The number of carbonyl (C=O) groups is 1. The fourth-order valence-electron chi connectivity index (χ4n) is 1.50. The van der Waals surface area contributed by atoms with E-state index in [0.29, 0.717) is 24.7 Å². The first-order chi connectivity index (χ1) is 8.10. The lowest BCUT2D eigenvalue weighted by Gasteiger charge is -2.09. The number of hydrogen-bond acceptors (Lipinski definition) is 5. The van der Waals surface area contributed by atoms with Gasteiger partial charge in [0.2, 0.25) is 5.89 Å². The SMILES string of the molecule is CCCC(C(=O)OCC)c1nc(C(C)C)no1. The zero-order valence-electron chi connectivity index (χ0n) is 10.9. The Morgan fingerprint density at radius 3 is 2.59 bits per heavy atom. The molecular weight excluding hydrogens is 220 g/mol. The monoisotopic (exact) mass is 240 g/mol. The van der Waals surface area contributed by atoms with Gasteiger partial charge >= 0.3 is 5.97 Å². The molecule has 0 aliphatic rings. The lowest BCUT2D eigenvalue weighted by atomic mass is 10.0. The van der Waals surface area contributed by atoms with Crippen molar-refractivity contribution in [2.24, 2.45) is 0 Å². The Morgan fingerprint density at radius 1 is 1.41 bits per heavy atom. The van der Waals surface area contributed by atoms with E-state index in [1.807, 2.05) is 20.8 Å². The Hall–Kier alpha value is -1.39. The van der Waals surface area contributed by atoms with Crippen molar-refractivity contribution in [3.05, 3.63) is 11.7 Å². The quantitative estimate of drug-likeness (QED) is 0.715. The maximum atomic E-state index is 11.8. The van der Waals surface area contributed by atoms with Gasteiger partial charge in [-0.1, -0.05) is 32.3 Å². The molecule has 0 saturated carbocycles. The molecule has 0 spiro atoms. The molecule has 0 saturated heterocycles. The van der Waals surface area contributed by atoms with Crippen LogP contribution in [0, 0.1) is 0 Å². The van der Waals surface area contributed by atoms with E-state index >= 15 is 0 Å². The molecule has 1 atom stereocenters. The average molecular weight is 240 g/mol. The molecule has 1 aromatic rings. The van der Waals surface area contributed by atoms with Crippen molar-refractivity contribution in [2.45, 2.75) is 52.4 Å². The maximum absolute atomic E-state index is 11.8. The lowest BCUT2D eigenvalue weighted by molar-refractivity contribution is -0.145. The van der Waals surface area contributed by atoms with Gasteiger partial charge in [-0.3, -0.25) is 4.79 Å². The van der Waals surface area contributed by atoms with Crippen molar-refractivity contribution in [3.8, 4) is 0 Å². The lowest BCUT2D eigenvalue weighted by Crippen LogP contribution is -2.16. The Kier molecular flexibility index (Phi) is 5.12. The summed E-state index contributed by atoms with van der Waals surface area (Å²) in [4.78, 5) is 16.0. The molecule has 0 aliphatic carbocycles. The van der Waals surface area contributed by atoms with Gasteiger partial charge in [0.05, 0.1) is 6.61 Å². The molecule has 1 unspecified atom stereocenters.